The van der Waals surface area contributed by atoms with Crippen LogP contribution in [-0.4, -0.2) is 49.6 Å². The summed E-state index contributed by atoms with van der Waals surface area (Å²) in [6.45, 7) is 12.9. The van der Waals surface area contributed by atoms with Crippen LogP contribution in [0.2, 0.25) is 0 Å². The first-order valence-electron chi connectivity index (χ1n) is 6.03. The quantitative estimate of drug-likeness (QED) is 0.659. The molecule has 88 valence electrons. The molecule has 1 aliphatic rings. The van der Waals surface area contributed by atoms with Crippen molar-refractivity contribution in [3.63, 3.8) is 0 Å². The van der Waals surface area contributed by atoms with E-state index in [1.807, 2.05) is 0 Å². The van der Waals surface area contributed by atoms with Crippen LogP contribution >= 0.6 is 0 Å². The van der Waals surface area contributed by atoms with Gasteiger partial charge in [0.05, 0.1) is 0 Å². The van der Waals surface area contributed by atoms with E-state index in [-0.39, 0.29) is 0 Å². The Hall–Kier alpha value is -0.340. The fraction of sp³-hybridized carbons (Fsp3) is 0.846. The molecule has 0 radical (unpaired) electrons. The molecule has 0 N–H and O–H groups in total. The third-order valence-electron chi connectivity index (χ3n) is 2.86. The highest BCUT2D eigenvalue weighted by Gasteiger charge is 2.12. The number of nitrogens with zero attached hydrogens (tertiary/aromatic N) is 2. The van der Waals surface area contributed by atoms with Crippen molar-refractivity contribution < 1.29 is 0 Å². The lowest BCUT2D eigenvalue weighted by Crippen LogP contribution is -2.44. The first-order valence-corrected chi connectivity index (χ1v) is 6.03. The summed E-state index contributed by atoms with van der Waals surface area (Å²) in [7, 11) is 2.20. The van der Waals surface area contributed by atoms with E-state index >= 15 is 0 Å². The van der Waals surface area contributed by atoms with E-state index < -0.39 is 0 Å². The standard InChI is InChI=1S/C13H26N2/c1-13(2,3)7-5-6-8-15-11-9-14(4)10-12-15/h5-6H,7-12H2,1-4H3/b6-5+. The minimum atomic E-state index is 0.429. The molecule has 0 spiro atoms. The molecule has 0 saturated carbocycles. The molecule has 1 heterocycles. The van der Waals surface area contributed by atoms with Gasteiger partial charge in [-0.15, -0.1) is 0 Å². The lowest BCUT2D eigenvalue weighted by molar-refractivity contribution is 0.166. The lowest BCUT2D eigenvalue weighted by Gasteiger charge is -2.31. The fourth-order valence-corrected chi connectivity index (χ4v) is 1.69. The van der Waals surface area contributed by atoms with Crippen molar-refractivity contribution in [2.75, 3.05) is 39.8 Å². The average Bonchev–Trinajstić information content (AvgIpc) is 2.14. The third-order valence-corrected chi connectivity index (χ3v) is 2.86. The minimum absolute atomic E-state index is 0.429. The Morgan fingerprint density at radius 2 is 1.60 bits per heavy atom. The van der Waals surface area contributed by atoms with Crippen molar-refractivity contribution in [1.82, 2.24) is 9.80 Å². The van der Waals surface area contributed by atoms with Gasteiger partial charge in [-0.1, -0.05) is 32.9 Å². The van der Waals surface area contributed by atoms with Crippen LogP contribution in [-0.2, 0) is 0 Å². The number of likely N-dealkylation sites (N-methyl/N-ethyl adjacent to an activating group) is 1. The van der Waals surface area contributed by atoms with Gasteiger partial charge in [0.25, 0.3) is 0 Å². The van der Waals surface area contributed by atoms with Crippen LogP contribution in [0.15, 0.2) is 12.2 Å². The lowest BCUT2D eigenvalue weighted by atomic mass is 9.92. The van der Waals surface area contributed by atoms with Crippen molar-refractivity contribution in [2.24, 2.45) is 5.41 Å². The van der Waals surface area contributed by atoms with Gasteiger partial charge in [0.2, 0.25) is 0 Å². The van der Waals surface area contributed by atoms with Gasteiger partial charge in [-0.2, -0.15) is 0 Å². The summed E-state index contributed by atoms with van der Waals surface area (Å²) in [5.41, 5.74) is 0.429. The van der Waals surface area contributed by atoms with Gasteiger partial charge in [-0.3, -0.25) is 4.90 Å². The van der Waals surface area contributed by atoms with Gasteiger partial charge in [-0.25, -0.2) is 0 Å². The molecule has 1 aliphatic heterocycles. The molecule has 0 amide bonds. The smallest absolute Gasteiger partial charge is 0.0164 e. The van der Waals surface area contributed by atoms with E-state index in [1.54, 1.807) is 0 Å². The number of hydrogen-bond acceptors (Lipinski definition) is 2. The Kier molecular flexibility index (Phi) is 4.81. The van der Waals surface area contributed by atoms with Crippen LogP contribution in [0.25, 0.3) is 0 Å². The highest BCUT2D eigenvalue weighted by atomic mass is 15.2. The van der Waals surface area contributed by atoms with Crippen LogP contribution < -0.4 is 0 Å². The van der Waals surface area contributed by atoms with E-state index in [4.69, 9.17) is 0 Å². The normalized spacial score (nSPS) is 21.3. The Bertz CT molecular complexity index is 195. The minimum Gasteiger partial charge on any atom is -0.304 e. The van der Waals surface area contributed by atoms with E-state index in [2.05, 4.69) is 49.8 Å². The predicted molar refractivity (Wildman–Crippen MR) is 67.1 cm³/mol. The third kappa shape index (κ3) is 5.95. The van der Waals surface area contributed by atoms with E-state index in [0.717, 1.165) is 6.54 Å². The van der Waals surface area contributed by atoms with Crippen molar-refractivity contribution in [3.8, 4) is 0 Å². The zero-order valence-corrected chi connectivity index (χ0v) is 10.8. The second-order valence-corrected chi connectivity index (χ2v) is 5.84. The van der Waals surface area contributed by atoms with Gasteiger partial charge in [0.1, 0.15) is 0 Å². The summed E-state index contributed by atoms with van der Waals surface area (Å²) >= 11 is 0. The van der Waals surface area contributed by atoms with Gasteiger partial charge in [-0.05, 0) is 18.9 Å². The summed E-state index contributed by atoms with van der Waals surface area (Å²) in [5, 5.41) is 0. The Morgan fingerprint density at radius 3 is 2.13 bits per heavy atom. The molecule has 2 heteroatoms. The van der Waals surface area contributed by atoms with Crippen molar-refractivity contribution in [3.05, 3.63) is 12.2 Å². The molecule has 0 atom stereocenters. The van der Waals surface area contributed by atoms with E-state index in [0.29, 0.717) is 5.41 Å². The molecule has 2 nitrogen and oxygen atoms in total. The first-order chi connectivity index (χ1) is 6.97. The van der Waals surface area contributed by atoms with E-state index in [9.17, 15) is 0 Å². The summed E-state index contributed by atoms with van der Waals surface area (Å²) in [6, 6.07) is 0. The molecule has 0 unspecified atom stereocenters. The van der Waals surface area contributed by atoms with Crippen LogP contribution in [0.3, 0.4) is 0 Å². The molecular weight excluding hydrogens is 184 g/mol. The Balaban J connectivity index is 2.14. The highest BCUT2D eigenvalue weighted by Crippen LogP contribution is 2.18. The predicted octanol–water partition coefficient (Wildman–Crippen LogP) is 2.23. The molecular formula is C13H26N2. The molecule has 0 aromatic heterocycles. The molecule has 0 aromatic rings. The average molecular weight is 210 g/mol. The molecule has 1 fully saturated rings. The van der Waals surface area contributed by atoms with E-state index in [1.165, 1.54) is 32.6 Å². The SMILES string of the molecule is CN1CCN(C/C=C/CC(C)(C)C)CC1. The summed E-state index contributed by atoms with van der Waals surface area (Å²) in [5.74, 6) is 0. The molecule has 0 bridgehead atoms. The maximum atomic E-state index is 2.53. The van der Waals surface area contributed by atoms with Crippen LogP contribution in [0.5, 0.6) is 0 Å². The first kappa shape index (κ1) is 12.7. The Morgan fingerprint density at radius 1 is 1.00 bits per heavy atom. The number of piperazine rings is 1. The molecule has 0 aliphatic carbocycles. The topological polar surface area (TPSA) is 6.48 Å². The van der Waals surface area contributed by atoms with Gasteiger partial charge in [0, 0.05) is 32.7 Å². The zero-order valence-electron chi connectivity index (χ0n) is 10.8. The molecule has 15 heavy (non-hydrogen) atoms. The van der Waals surface area contributed by atoms with Gasteiger partial charge in [0.15, 0.2) is 0 Å². The maximum absolute atomic E-state index is 2.53. The Labute approximate surface area is 94.9 Å². The van der Waals surface area contributed by atoms with Crippen LogP contribution in [0, 0.1) is 5.41 Å². The fourth-order valence-electron chi connectivity index (χ4n) is 1.69. The number of hydrogen-bond donors (Lipinski definition) is 0. The molecule has 1 rings (SSSR count). The van der Waals surface area contributed by atoms with Gasteiger partial charge >= 0.3 is 0 Å². The second kappa shape index (κ2) is 5.66. The zero-order chi connectivity index (χ0) is 11.3. The van der Waals surface area contributed by atoms with Crippen LogP contribution in [0.4, 0.5) is 0 Å². The second-order valence-electron chi connectivity index (χ2n) is 5.84. The molecule has 0 aromatic carbocycles. The van der Waals surface area contributed by atoms with Crippen molar-refractivity contribution in [1.29, 1.82) is 0 Å². The summed E-state index contributed by atoms with van der Waals surface area (Å²) in [4.78, 5) is 4.93. The number of allylic oxidation sites excluding steroid dienone is 1. The largest absolute Gasteiger partial charge is 0.304 e. The summed E-state index contributed by atoms with van der Waals surface area (Å²) in [6.07, 6.45) is 5.84. The highest BCUT2D eigenvalue weighted by molar-refractivity contribution is 4.89. The monoisotopic (exact) mass is 210 g/mol. The van der Waals surface area contributed by atoms with Crippen molar-refractivity contribution in [2.45, 2.75) is 27.2 Å². The maximum Gasteiger partial charge on any atom is 0.0164 e. The number of rotatable bonds is 3. The van der Waals surface area contributed by atoms with Crippen LogP contribution in [0.1, 0.15) is 27.2 Å². The summed E-state index contributed by atoms with van der Waals surface area (Å²) < 4.78 is 0. The van der Waals surface area contributed by atoms with Crippen molar-refractivity contribution >= 4 is 0 Å². The molecule has 1 saturated heterocycles. The van der Waals surface area contributed by atoms with Gasteiger partial charge < -0.3 is 4.90 Å².